The van der Waals surface area contributed by atoms with Gasteiger partial charge in [-0.1, -0.05) is 0 Å². The molecule has 2 rings (SSSR count). The van der Waals surface area contributed by atoms with Gasteiger partial charge in [-0.2, -0.15) is 5.10 Å². The summed E-state index contributed by atoms with van der Waals surface area (Å²) in [7, 11) is 0. The zero-order valence-electron chi connectivity index (χ0n) is 11.4. The van der Waals surface area contributed by atoms with Crippen molar-refractivity contribution in [3.8, 4) is 5.75 Å². The van der Waals surface area contributed by atoms with Gasteiger partial charge in [0.1, 0.15) is 12.3 Å². The van der Waals surface area contributed by atoms with Gasteiger partial charge in [0.25, 0.3) is 5.56 Å². The van der Waals surface area contributed by atoms with Gasteiger partial charge in [-0.25, -0.2) is 4.68 Å². The van der Waals surface area contributed by atoms with E-state index in [0.29, 0.717) is 37.8 Å². The molecule has 1 amide bonds. The zero-order chi connectivity index (χ0) is 14.4. The Hall–Kier alpha value is -1.89. The molecule has 1 saturated carbocycles. The number of carbonyl (C=O) groups is 1. The highest BCUT2D eigenvalue weighted by molar-refractivity contribution is 5.75. The number of nitrogens with zero attached hydrogens (tertiary/aromatic N) is 2. The van der Waals surface area contributed by atoms with E-state index >= 15 is 0 Å². The summed E-state index contributed by atoms with van der Waals surface area (Å²) in [5.41, 5.74) is 5.00. The van der Waals surface area contributed by atoms with Crippen LogP contribution >= 0.6 is 0 Å². The van der Waals surface area contributed by atoms with Crippen LogP contribution in [0.3, 0.4) is 0 Å². The zero-order valence-corrected chi connectivity index (χ0v) is 11.4. The van der Waals surface area contributed by atoms with E-state index in [-0.39, 0.29) is 18.0 Å². The second-order valence-electron chi connectivity index (χ2n) is 4.93. The van der Waals surface area contributed by atoms with Crippen molar-refractivity contribution in [1.29, 1.82) is 0 Å². The summed E-state index contributed by atoms with van der Waals surface area (Å²) in [6, 6.07) is 1.33. The number of hydrogen-bond acceptors (Lipinski definition) is 5. The molecule has 1 aromatic rings. The van der Waals surface area contributed by atoms with Crippen LogP contribution in [0.1, 0.15) is 19.3 Å². The van der Waals surface area contributed by atoms with Gasteiger partial charge in [0.2, 0.25) is 5.91 Å². The number of ether oxygens (including phenoxy) is 1. The van der Waals surface area contributed by atoms with E-state index in [4.69, 9.17) is 10.5 Å². The van der Waals surface area contributed by atoms with Crippen molar-refractivity contribution in [3.05, 3.63) is 22.6 Å². The van der Waals surface area contributed by atoms with Crippen LogP contribution in [0.4, 0.5) is 0 Å². The molecule has 1 aliphatic rings. The molecule has 1 heterocycles. The van der Waals surface area contributed by atoms with Gasteiger partial charge >= 0.3 is 0 Å². The number of hydrogen-bond donors (Lipinski definition) is 2. The highest BCUT2D eigenvalue weighted by Crippen LogP contribution is 2.27. The van der Waals surface area contributed by atoms with Crippen LogP contribution in [0.25, 0.3) is 0 Å². The Kier molecular flexibility index (Phi) is 5.11. The number of aromatic nitrogens is 2. The molecule has 20 heavy (non-hydrogen) atoms. The topological polar surface area (TPSA) is 99.2 Å². The summed E-state index contributed by atoms with van der Waals surface area (Å²) in [6.45, 7) is 1.61. The molecule has 0 radical (unpaired) electrons. The molecule has 0 aromatic carbocycles. The Labute approximate surface area is 117 Å². The van der Waals surface area contributed by atoms with Crippen molar-refractivity contribution in [3.63, 3.8) is 0 Å². The van der Waals surface area contributed by atoms with Gasteiger partial charge in [-0.15, -0.1) is 0 Å². The Balaban J connectivity index is 1.84. The highest BCUT2D eigenvalue weighted by Gasteiger charge is 2.21. The summed E-state index contributed by atoms with van der Waals surface area (Å²) >= 11 is 0. The summed E-state index contributed by atoms with van der Waals surface area (Å²) in [5.74, 6) is 0.823. The maximum absolute atomic E-state index is 11.8. The van der Waals surface area contributed by atoms with Gasteiger partial charge in [0.15, 0.2) is 0 Å². The minimum atomic E-state index is -0.350. The molecule has 0 saturated heterocycles. The van der Waals surface area contributed by atoms with Crippen molar-refractivity contribution in [1.82, 2.24) is 15.1 Å². The molecular weight excluding hydrogens is 260 g/mol. The van der Waals surface area contributed by atoms with E-state index < -0.39 is 0 Å². The van der Waals surface area contributed by atoms with E-state index in [1.54, 1.807) is 0 Å². The first-order valence-electron chi connectivity index (χ1n) is 6.86. The molecule has 7 heteroatoms. The van der Waals surface area contributed by atoms with Gasteiger partial charge in [0, 0.05) is 12.6 Å². The lowest BCUT2D eigenvalue weighted by Crippen LogP contribution is -2.34. The van der Waals surface area contributed by atoms with Crippen LogP contribution in [-0.2, 0) is 11.3 Å². The predicted molar refractivity (Wildman–Crippen MR) is 73.4 cm³/mol. The number of nitrogens with two attached hydrogens (primary N) is 1. The van der Waals surface area contributed by atoms with Gasteiger partial charge in [-0.05, 0) is 31.7 Å². The minimum Gasteiger partial charge on any atom is -0.492 e. The molecule has 0 unspecified atom stereocenters. The fraction of sp³-hybridized carbons (Fsp3) is 0.615. The van der Waals surface area contributed by atoms with Crippen LogP contribution in [0.15, 0.2) is 17.1 Å². The summed E-state index contributed by atoms with van der Waals surface area (Å²) in [4.78, 5) is 23.4. The van der Waals surface area contributed by atoms with E-state index in [2.05, 4.69) is 10.4 Å². The maximum atomic E-state index is 11.8. The molecule has 110 valence electrons. The Morgan fingerprint density at radius 3 is 3.00 bits per heavy atom. The molecular formula is C13H20N4O3. The first kappa shape index (κ1) is 14.5. The lowest BCUT2D eigenvalue weighted by Gasteiger charge is -2.08. The van der Waals surface area contributed by atoms with Gasteiger partial charge in [-0.3, -0.25) is 9.59 Å². The lowest BCUT2D eigenvalue weighted by atomic mass is 10.4. The molecule has 1 aromatic heterocycles. The first-order chi connectivity index (χ1) is 9.69. The third-order valence-corrected chi connectivity index (χ3v) is 3.04. The first-order valence-corrected chi connectivity index (χ1v) is 6.86. The Morgan fingerprint density at radius 2 is 2.35 bits per heavy atom. The van der Waals surface area contributed by atoms with E-state index in [1.165, 1.54) is 25.1 Å². The largest absolute Gasteiger partial charge is 0.492 e. The predicted octanol–water partition coefficient (Wildman–Crippen LogP) is -0.503. The quantitative estimate of drug-likeness (QED) is 0.625. The molecule has 1 aliphatic carbocycles. The maximum Gasteiger partial charge on any atom is 0.270 e. The monoisotopic (exact) mass is 280 g/mol. The summed E-state index contributed by atoms with van der Waals surface area (Å²) < 4.78 is 6.44. The van der Waals surface area contributed by atoms with E-state index in [9.17, 15) is 9.59 Å². The van der Waals surface area contributed by atoms with Gasteiger partial charge in [0.05, 0.1) is 12.8 Å². The van der Waals surface area contributed by atoms with Crippen molar-refractivity contribution in [2.24, 2.45) is 11.7 Å². The van der Waals surface area contributed by atoms with Crippen LogP contribution in [-0.4, -0.2) is 35.4 Å². The van der Waals surface area contributed by atoms with Crippen LogP contribution in [0.5, 0.6) is 5.75 Å². The average Bonchev–Trinajstić information content (AvgIpc) is 3.24. The smallest absolute Gasteiger partial charge is 0.270 e. The standard InChI is InChI=1S/C13H20N4O3/c14-4-1-5-20-11-6-13(19)17(16-8-11)9-12(18)15-7-10-2-3-10/h6,8,10H,1-5,7,9,14H2,(H,15,18). The third-order valence-electron chi connectivity index (χ3n) is 3.04. The molecule has 1 fully saturated rings. The summed E-state index contributed by atoms with van der Waals surface area (Å²) in [6.07, 6.45) is 4.50. The molecule has 0 aliphatic heterocycles. The van der Waals surface area contributed by atoms with E-state index in [0.717, 1.165) is 4.68 Å². The van der Waals surface area contributed by atoms with Crippen LogP contribution in [0.2, 0.25) is 0 Å². The molecule has 0 atom stereocenters. The lowest BCUT2D eigenvalue weighted by molar-refractivity contribution is -0.122. The van der Waals surface area contributed by atoms with Crippen molar-refractivity contribution in [2.45, 2.75) is 25.8 Å². The fourth-order valence-corrected chi connectivity index (χ4v) is 1.66. The van der Waals surface area contributed by atoms with Crippen molar-refractivity contribution >= 4 is 5.91 Å². The minimum absolute atomic E-state index is 0.0609. The second-order valence-corrected chi connectivity index (χ2v) is 4.93. The number of amides is 1. The second kappa shape index (κ2) is 7.04. The molecule has 0 bridgehead atoms. The third kappa shape index (κ3) is 4.65. The molecule has 3 N–H and O–H groups in total. The number of nitrogens with one attached hydrogen (secondary N) is 1. The van der Waals surface area contributed by atoms with Crippen LogP contribution < -0.4 is 21.3 Å². The number of rotatable bonds is 8. The fourth-order valence-electron chi connectivity index (χ4n) is 1.66. The Bertz CT molecular complexity index is 511. The van der Waals surface area contributed by atoms with Crippen molar-refractivity contribution < 1.29 is 9.53 Å². The van der Waals surface area contributed by atoms with E-state index in [1.807, 2.05) is 0 Å². The van der Waals surface area contributed by atoms with Crippen LogP contribution in [0, 0.1) is 5.92 Å². The highest BCUT2D eigenvalue weighted by atomic mass is 16.5. The average molecular weight is 280 g/mol. The van der Waals surface area contributed by atoms with Gasteiger partial charge < -0.3 is 15.8 Å². The molecule has 7 nitrogen and oxygen atoms in total. The van der Waals surface area contributed by atoms with Crippen molar-refractivity contribution in [2.75, 3.05) is 19.7 Å². The summed E-state index contributed by atoms with van der Waals surface area (Å²) in [5, 5.41) is 6.72. The number of carbonyl (C=O) groups excluding carboxylic acids is 1. The SMILES string of the molecule is NCCCOc1cnn(CC(=O)NCC2CC2)c(=O)c1. The molecule has 0 spiro atoms. The Morgan fingerprint density at radius 1 is 1.55 bits per heavy atom. The normalized spacial score (nSPS) is 14.1.